The van der Waals surface area contributed by atoms with Gasteiger partial charge in [-0.1, -0.05) is 64.8 Å². The number of hydrogen-bond acceptors (Lipinski definition) is 0. The summed E-state index contributed by atoms with van der Waals surface area (Å²) in [4.78, 5) is 0. The lowest BCUT2D eigenvalue weighted by atomic mass is 10.0. The second-order valence-corrected chi connectivity index (χ2v) is 4.90. The van der Waals surface area contributed by atoms with Crippen molar-refractivity contribution in [3.63, 3.8) is 0 Å². The van der Waals surface area contributed by atoms with Crippen molar-refractivity contribution in [3.8, 4) is 11.1 Å². The molecule has 0 unspecified atom stereocenters. The van der Waals surface area contributed by atoms with Crippen LogP contribution in [-0.2, 0) is 6.42 Å². The maximum Gasteiger partial charge on any atom is 0.0484 e. The summed E-state index contributed by atoms with van der Waals surface area (Å²) in [5, 5.41) is 0.790. The minimum Gasteiger partial charge on any atom is -0.0837 e. The van der Waals surface area contributed by atoms with Crippen LogP contribution in [0.2, 0.25) is 5.02 Å². The summed E-state index contributed by atoms with van der Waals surface area (Å²) < 4.78 is 1.15. The molecule has 2 aromatic carbocycles. The van der Waals surface area contributed by atoms with Crippen molar-refractivity contribution in [1.29, 1.82) is 0 Å². The number of aryl methyl sites for hydroxylation is 1. The highest BCUT2D eigenvalue weighted by molar-refractivity contribution is 9.10. The highest BCUT2D eigenvalue weighted by Crippen LogP contribution is 2.30. The Bertz CT molecular complexity index is 506. The van der Waals surface area contributed by atoms with Gasteiger partial charge in [-0.2, -0.15) is 0 Å². The third kappa shape index (κ3) is 2.31. The molecule has 0 aliphatic heterocycles. The van der Waals surface area contributed by atoms with Crippen LogP contribution in [-0.4, -0.2) is 0 Å². The zero-order valence-corrected chi connectivity index (χ0v) is 11.3. The molecule has 2 heteroatoms. The van der Waals surface area contributed by atoms with Crippen molar-refractivity contribution in [3.05, 3.63) is 57.5 Å². The molecule has 0 aliphatic rings. The molecule has 0 bridgehead atoms. The van der Waals surface area contributed by atoms with Gasteiger partial charge in [0.05, 0.1) is 0 Å². The lowest BCUT2D eigenvalue weighted by Crippen LogP contribution is -1.85. The topological polar surface area (TPSA) is 0 Å². The average Bonchev–Trinajstić information content (AvgIpc) is 2.29. The van der Waals surface area contributed by atoms with Gasteiger partial charge >= 0.3 is 0 Å². The first-order valence-corrected chi connectivity index (χ1v) is 6.42. The smallest absolute Gasteiger partial charge is 0.0484 e. The summed E-state index contributed by atoms with van der Waals surface area (Å²) in [6.45, 7) is 2.15. The van der Waals surface area contributed by atoms with Gasteiger partial charge in [0.25, 0.3) is 0 Å². The minimum atomic E-state index is 0.790. The van der Waals surface area contributed by atoms with E-state index < -0.39 is 0 Å². The van der Waals surface area contributed by atoms with Crippen LogP contribution in [0, 0.1) is 0 Å². The van der Waals surface area contributed by atoms with Gasteiger partial charge in [0.15, 0.2) is 0 Å². The highest BCUT2D eigenvalue weighted by atomic mass is 79.9. The quantitative estimate of drug-likeness (QED) is 0.702. The Hall–Kier alpha value is -0.790. The first kappa shape index (κ1) is 11.7. The Balaban J connectivity index is 2.50. The van der Waals surface area contributed by atoms with Gasteiger partial charge in [-0.15, -0.1) is 0 Å². The SMILES string of the molecule is CCc1ccc(-c2ccccc2Cl)cc1Br. The van der Waals surface area contributed by atoms with Gasteiger partial charge in [-0.05, 0) is 29.7 Å². The molecule has 16 heavy (non-hydrogen) atoms. The molecule has 0 spiro atoms. The van der Waals surface area contributed by atoms with Crippen LogP contribution in [0.5, 0.6) is 0 Å². The van der Waals surface area contributed by atoms with E-state index in [9.17, 15) is 0 Å². The largest absolute Gasteiger partial charge is 0.0837 e. The normalized spacial score (nSPS) is 10.4. The van der Waals surface area contributed by atoms with E-state index in [-0.39, 0.29) is 0 Å². The molecule has 0 amide bonds. The number of rotatable bonds is 2. The van der Waals surface area contributed by atoms with E-state index in [1.54, 1.807) is 0 Å². The lowest BCUT2D eigenvalue weighted by Gasteiger charge is -2.07. The average molecular weight is 296 g/mol. The Morgan fingerprint density at radius 2 is 1.88 bits per heavy atom. The maximum atomic E-state index is 6.17. The fourth-order valence-electron chi connectivity index (χ4n) is 1.70. The van der Waals surface area contributed by atoms with Crippen molar-refractivity contribution in [2.75, 3.05) is 0 Å². The van der Waals surface area contributed by atoms with Gasteiger partial charge in [0.2, 0.25) is 0 Å². The highest BCUT2D eigenvalue weighted by Gasteiger charge is 2.04. The molecule has 82 valence electrons. The van der Waals surface area contributed by atoms with Crippen LogP contribution >= 0.6 is 27.5 Å². The maximum absolute atomic E-state index is 6.17. The van der Waals surface area contributed by atoms with Crippen LogP contribution in [0.1, 0.15) is 12.5 Å². The van der Waals surface area contributed by atoms with Crippen LogP contribution < -0.4 is 0 Å². The summed E-state index contributed by atoms with van der Waals surface area (Å²) >= 11 is 9.76. The van der Waals surface area contributed by atoms with Gasteiger partial charge in [0, 0.05) is 15.1 Å². The van der Waals surface area contributed by atoms with E-state index in [0.29, 0.717) is 0 Å². The zero-order chi connectivity index (χ0) is 11.5. The molecular formula is C14H12BrCl. The molecule has 0 aliphatic carbocycles. The Morgan fingerprint density at radius 3 is 2.50 bits per heavy atom. The van der Waals surface area contributed by atoms with Crippen LogP contribution in [0.25, 0.3) is 11.1 Å². The number of halogens is 2. The van der Waals surface area contributed by atoms with Crippen molar-refractivity contribution in [2.24, 2.45) is 0 Å². The van der Waals surface area contributed by atoms with E-state index >= 15 is 0 Å². The van der Waals surface area contributed by atoms with E-state index in [4.69, 9.17) is 11.6 Å². The first-order chi connectivity index (χ1) is 7.72. The first-order valence-electron chi connectivity index (χ1n) is 5.25. The molecule has 2 rings (SSSR count). The Morgan fingerprint density at radius 1 is 1.12 bits per heavy atom. The number of benzene rings is 2. The van der Waals surface area contributed by atoms with Gasteiger partial charge < -0.3 is 0 Å². The summed E-state index contributed by atoms with van der Waals surface area (Å²) in [6, 6.07) is 14.3. The van der Waals surface area contributed by atoms with E-state index in [1.165, 1.54) is 5.56 Å². The zero-order valence-electron chi connectivity index (χ0n) is 9.00. The summed E-state index contributed by atoms with van der Waals surface area (Å²) in [5.74, 6) is 0. The third-order valence-electron chi connectivity index (χ3n) is 2.62. The lowest BCUT2D eigenvalue weighted by molar-refractivity contribution is 1.13. The predicted octanol–water partition coefficient (Wildman–Crippen LogP) is 5.33. The standard InChI is InChI=1S/C14H12BrCl/c1-2-10-7-8-11(9-13(10)15)12-5-3-4-6-14(12)16/h3-9H,2H2,1H3. The third-order valence-corrected chi connectivity index (χ3v) is 3.69. The van der Waals surface area contributed by atoms with Gasteiger partial charge in [-0.3, -0.25) is 0 Å². The minimum absolute atomic E-state index is 0.790. The summed E-state index contributed by atoms with van der Waals surface area (Å²) in [7, 11) is 0. The Labute approximate surface area is 109 Å². The molecule has 0 fully saturated rings. The molecule has 0 saturated heterocycles. The summed E-state index contributed by atoms with van der Waals surface area (Å²) in [6.07, 6.45) is 1.03. The van der Waals surface area contributed by atoms with Crippen molar-refractivity contribution >= 4 is 27.5 Å². The second-order valence-electron chi connectivity index (χ2n) is 3.64. The molecule has 0 saturated carbocycles. The molecule has 0 N–H and O–H groups in total. The number of hydrogen-bond donors (Lipinski definition) is 0. The van der Waals surface area contributed by atoms with Crippen molar-refractivity contribution in [1.82, 2.24) is 0 Å². The summed E-state index contributed by atoms with van der Waals surface area (Å²) in [5.41, 5.74) is 3.54. The molecular weight excluding hydrogens is 284 g/mol. The van der Waals surface area contributed by atoms with Gasteiger partial charge in [0.1, 0.15) is 0 Å². The van der Waals surface area contributed by atoms with E-state index in [0.717, 1.165) is 27.0 Å². The van der Waals surface area contributed by atoms with Crippen molar-refractivity contribution in [2.45, 2.75) is 13.3 Å². The fraction of sp³-hybridized carbons (Fsp3) is 0.143. The van der Waals surface area contributed by atoms with E-state index in [2.05, 4.69) is 41.1 Å². The van der Waals surface area contributed by atoms with Crippen molar-refractivity contribution < 1.29 is 0 Å². The van der Waals surface area contributed by atoms with E-state index in [1.807, 2.05) is 24.3 Å². The van der Waals surface area contributed by atoms with Crippen LogP contribution in [0.15, 0.2) is 46.9 Å². The van der Waals surface area contributed by atoms with Crippen LogP contribution in [0.4, 0.5) is 0 Å². The molecule has 0 nitrogen and oxygen atoms in total. The monoisotopic (exact) mass is 294 g/mol. The van der Waals surface area contributed by atoms with Crippen LogP contribution in [0.3, 0.4) is 0 Å². The second kappa shape index (κ2) is 5.03. The molecule has 0 aromatic heterocycles. The molecule has 0 atom stereocenters. The predicted molar refractivity (Wildman–Crippen MR) is 74.0 cm³/mol. The Kier molecular flexibility index (Phi) is 3.67. The molecule has 0 heterocycles. The molecule has 2 aromatic rings. The van der Waals surface area contributed by atoms with Gasteiger partial charge in [-0.25, -0.2) is 0 Å². The molecule has 0 radical (unpaired) electrons. The fourth-order valence-corrected chi connectivity index (χ4v) is 2.60.